The van der Waals surface area contributed by atoms with Crippen LogP contribution in [0.2, 0.25) is 0 Å². The highest BCUT2D eigenvalue weighted by Gasteiger charge is 2.43. The van der Waals surface area contributed by atoms with Crippen LogP contribution in [-0.4, -0.2) is 5.91 Å². The van der Waals surface area contributed by atoms with Crippen LogP contribution >= 0.6 is 0 Å². The van der Waals surface area contributed by atoms with E-state index >= 15 is 0 Å². The summed E-state index contributed by atoms with van der Waals surface area (Å²) in [6.45, 7) is 6.73. The number of nitrogens with one attached hydrogen (secondary N) is 1. The van der Waals surface area contributed by atoms with E-state index in [0.29, 0.717) is 11.5 Å². The van der Waals surface area contributed by atoms with Gasteiger partial charge >= 0.3 is 0 Å². The average Bonchev–Trinajstić information content (AvgIpc) is 2.70. The first-order valence-electron chi connectivity index (χ1n) is 7.47. The Morgan fingerprint density at radius 2 is 1.62 bits per heavy atom. The number of hydrogen-bond acceptors (Lipinski definition) is 1. The van der Waals surface area contributed by atoms with E-state index in [0.717, 1.165) is 0 Å². The van der Waals surface area contributed by atoms with Crippen molar-refractivity contribution in [2.24, 2.45) is 5.92 Å². The molecule has 0 saturated heterocycles. The second-order valence-corrected chi connectivity index (χ2v) is 6.41. The van der Waals surface area contributed by atoms with Gasteiger partial charge in [0.05, 0.1) is 6.04 Å². The lowest BCUT2D eigenvalue weighted by molar-refractivity contribution is 0.0919. The van der Waals surface area contributed by atoms with E-state index < -0.39 is 0 Å². The van der Waals surface area contributed by atoms with E-state index in [2.05, 4.69) is 50.4 Å². The quantitative estimate of drug-likeness (QED) is 0.881. The summed E-state index contributed by atoms with van der Waals surface area (Å²) in [7, 11) is 0. The minimum atomic E-state index is -0.0000435. The van der Waals surface area contributed by atoms with Crippen LogP contribution < -0.4 is 5.32 Å². The molecule has 108 valence electrons. The molecule has 1 aliphatic carbocycles. The summed E-state index contributed by atoms with van der Waals surface area (Å²) < 4.78 is 0. The zero-order valence-electron chi connectivity index (χ0n) is 12.8. The van der Waals surface area contributed by atoms with Gasteiger partial charge in [0.2, 0.25) is 0 Å². The zero-order chi connectivity index (χ0) is 15.0. The number of hydrogen-bond donors (Lipinski definition) is 1. The van der Waals surface area contributed by atoms with Gasteiger partial charge < -0.3 is 5.32 Å². The van der Waals surface area contributed by atoms with Crippen LogP contribution in [0.15, 0.2) is 54.6 Å². The van der Waals surface area contributed by atoms with Crippen LogP contribution in [0.25, 0.3) is 0 Å². The molecule has 0 aromatic heterocycles. The highest BCUT2D eigenvalue weighted by Crippen LogP contribution is 2.48. The van der Waals surface area contributed by atoms with Gasteiger partial charge in [0.15, 0.2) is 0 Å². The average molecular weight is 279 g/mol. The van der Waals surface area contributed by atoms with Crippen molar-refractivity contribution in [3.05, 3.63) is 71.3 Å². The van der Waals surface area contributed by atoms with Gasteiger partial charge in [0.1, 0.15) is 0 Å². The summed E-state index contributed by atoms with van der Waals surface area (Å²) in [6, 6.07) is 17.9. The molecule has 2 nitrogen and oxygen atoms in total. The molecule has 0 aliphatic heterocycles. The summed E-state index contributed by atoms with van der Waals surface area (Å²) in [5.74, 6) is 0.363. The maximum atomic E-state index is 12.5. The Bertz CT molecular complexity index is 660. The third-order valence-corrected chi connectivity index (χ3v) is 4.95. The molecule has 0 saturated carbocycles. The molecule has 2 atom stereocenters. The van der Waals surface area contributed by atoms with Gasteiger partial charge in [-0.2, -0.15) is 0 Å². The first-order chi connectivity index (χ1) is 10.0. The van der Waals surface area contributed by atoms with Gasteiger partial charge in [-0.1, -0.05) is 63.2 Å². The molecule has 3 rings (SSSR count). The second kappa shape index (κ2) is 5.03. The smallest absolute Gasteiger partial charge is 0.251 e. The van der Waals surface area contributed by atoms with E-state index in [1.165, 1.54) is 11.1 Å². The van der Waals surface area contributed by atoms with Crippen LogP contribution in [0.4, 0.5) is 0 Å². The van der Waals surface area contributed by atoms with E-state index in [4.69, 9.17) is 0 Å². The number of carbonyl (C=O) groups excluding carboxylic acids is 1. The minimum Gasteiger partial charge on any atom is -0.345 e. The predicted octanol–water partition coefficient (Wildman–Crippen LogP) is 4.09. The first-order valence-corrected chi connectivity index (χ1v) is 7.47. The Kier molecular flexibility index (Phi) is 3.32. The Hall–Kier alpha value is -2.09. The summed E-state index contributed by atoms with van der Waals surface area (Å²) in [4.78, 5) is 12.5. The molecule has 0 heterocycles. The molecule has 0 spiro atoms. The lowest BCUT2D eigenvalue weighted by Crippen LogP contribution is -2.34. The largest absolute Gasteiger partial charge is 0.345 e. The molecule has 0 radical (unpaired) electrons. The third kappa shape index (κ3) is 2.25. The van der Waals surface area contributed by atoms with Gasteiger partial charge in [-0.05, 0) is 34.6 Å². The summed E-state index contributed by atoms with van der Waals surface area (Å²) >= 11 is 0. The maximum absolute atomic E-state index is 12.5. The van der Waals surface area contributed by atoms with Crippen LogP contribution in [-0.2, 0) is 5.41 Å². The van der Waals surface area contributed by atoms with Crippen molar-refractivity contribution in [1.29, 1.82) is 0 Å². The van der Waals surface area contributed by atoms with Crippen molar-refractivity contribution in [3.63, 3.8) is 0 Å². The van der Waals surface area contributed by atoms with Crippen molar-refractivity contribution in [1.82, 2.24) is 5.32 Å². The van der Waals surface area contributed by atoms with Gasteiger partial charge in [0.25, 0.3) is 5.91 Å². The number of fused-ring (bicyclic) bond motifs is 1. The zero-order valence-corrected chi connectivity index (χ0v) is 12.8. The number of benzene rings is 2. The lowest BCUT2D eigenvalue weighted by atomic mass is 9.79. The van der Waals surface area contributed by atoms with Crippen molar-refractivity contribution in [2.75, 3.05) is 0 Å². The molecule has 2 aromatic rings. The molecule has 2 unspecified atom stereocenters. The number of amides is 1. The molecule has 0 fully saturated rings. The van der Waals surface area contributed by atoms with Crippen molar-refractivity contribution >= 4 is 5.91 Å². The van der Waals surface area contributed by atoms with Crippen molar-refractivity contribution in [3.8, 4) is 0 Å². The molecule has 1 amide bonds. The Balaban J connectivity index is 1.92. The SMILES string of the molecule is CC1C(NC(=O)c2ccccc2)c2ccccc2C1(C)C. The van der Waals surface area contributed by atoms with Gasteiger partial charge in [-0.3, -0.25) is 4.79 Å². The Morgan fingerprint density at radius 1 is 1.00 bits per heavy atom. The Morgan fingerprint density at radius 3 is 2.33 bits per heavy atom. The standard InChI is InChI=1S/C19H21NO/c1-13-17(20-18(21)14-9-5-4-6-10-14)15-11-7-8-12-16(15)19(13,2)3/h4-13,17H,1-3H3,(H,20,21). The normalized spacial score (nSPS) is 22.6. The highest BCUT2D eigenvalue weighted by molar-refractivity contribution is 5.94. The third-order valence-electron chi connectivity index (χ3n) is 4.95. The van der Waals surface area contributed by atoms with Crippen LogP contribution in [0.5, 0.6) is 0 Å². The number of carbonyl (C=O) groups is 1. The summed E-state index contributed by atoms with van der Waals surface area (Å²) in [6.07, 6.45) is 0. The fourth-order valence-corrected chi connectivity index (χ4v) is 3.30. The Labute approximate surface area is 126 Å². The molecule has 1 N–H and O–H groups in total. The van der Waals surface area contributed by atoms with Crippen molar-refractivity contribution in [2.45, 2.75) is 32.2 Å². The molecule has 2 aromatic carbocycles. The van der Waals surface area contributed by atoms with Gasteiger partial charge in [-0.15, -0.1) is 0 Å². The van der Waals surface area contributed by atoms with Crippen LogP contribution in [0, 0.1) is 5.92 Å². The predicted molar refractivity (Wildman–Crippen MR) is 85.3 cm³/mol. The highest BCUT2D eigenvalue weighted by atomic mass is 16.1. The molecular formula is C19H21NO. The molecule has 0 bridgehead atoms. The fraction of sp³-hybridized carbons (Fsp3) is 0.316. The maximum Gasteiger partial charge on any atom is 0.251 e. The topological polar surface area (TPSA) is 29.1 Å². The molecule has 2 heteroatoms. The van der Waals surface area contributed by atoms with Crippen LogP contribution in [0.1, 0.15) is 48.3 Å². The molecule has 1 aliphatic rings. The minimum absolute atomic E-state index is 0.0000435. The fourth-order valence-electron chi connectivity index (χ4n) is 3.30. The number of rotatable bonds is 2. The van der Waals surface area contributed by atoms with Crippen LogP contribution in [0.3, 0.4) is 0 Å². The van der Waals surface area contributed by atoms with Gasteiger partial charge in [-0.25, -0.2) is 0 Å². The van der Waals surface area contributed by atoms with E-state index in [9.17, 15) is 4.79 Å². The van der Waals surface area contributed by atoms with E-state index in [1.807, 2.05) is 30.3 Å². The van der Waals surface area contributed by atoms with E-state index in [1.54, 1.807) is 0 Å². The van der Waals surface area contributed by atoms with E-state index in [-0.39, 0.29) is 17.4 Å². The van der Waals surface area contributed by atoms with Gasteiger partial charge in [0, 0.05) is 5.56 Å². The molecule has 21 heavy (non-hydrogen) atoms. The van der Waals surface area contributed by atoms with Crippen molar-refractivity contribution < 1.29 is 4.79 Å². The second-order valence-electron chi connectivity index (χ2n) is 6.41. The summed E-state index contributed by atoms with van der Waals surface area (Å²) in [5, 5.41) is 3.22. The monoisotopic (exact) mass is 279 g/mol. The summed E-state index contributed by atoms with van der Waals surface area (Å²) in [5.41, 5.74) is 3.38. The first kappa shape index (κ1) is 13.9. The molecular weight excluding hydrogens is 258 g/mol. The lowest BCUT2D eigenvalue weighted by Gasteiger charge is -2.28.